The highest BCUT2D eigenvalue weighted by molar-refractivity contribution is 5.46. The zero-order valence-electron chi connectivity index (χ0n) is 16.5. The first kappa shape index (κ1) is 19.4. The van der Waals surface area contributed by atoms with Crippen molar-refractivity contribution in [2.75, 3.05) is 13.1 Å². The minimum Gasteiger partial charge on any atom is -0.438 e. The summed E-state index contributed by atoms with van der Waals surface area (Å²) in [4.78, 5) is 9.16. The fourth-order valence-corrected chi connectivity index (χ4v) is 3.06. The van der Waals surface area contributed by atoms with Crippen molar-refractivity contribution in [2.24, 2.45) is 0 Å². The topological polar surface area (TPSA) is 47.0 Å². The monoisotopic (exact) mass is 341 g/mol. The van der Waals surface area contributed by atoms with Crippen LogP contribution in [-0.2, 0) is 6.42 Å². The van der Waals surface area contributed by atoms with E-state index < -0.39 is 0 Å². The summed E-state index contributed by atoms with van der Waals surface area (Å²) in [6, 6.07) is 4.29. The van der Waals surface area contributed by atoms with Gasteiger partial charge in [0.25, 0.3) is 0 Å². The number of hydrogen-bond acceptors (Lipinski definition) is 4. The van der Waals surface area contributed by atoms with E-state index in [1.54, 1.807) is 0 Å². The summed E-state index contributed by atoms with van der Waals surface area (Å²) in [5.74, 6) is 2.33. The van der Waals surface area contributed by atoms with Crippen molar-refractivity contribution < 1.29 is 4.74 Å². The molecule has 1 N–H and O–H groups in total. The molecule has 0 radical (unpaired) electrons. The number of nitrogens with one attached hydrogen (secondary N) is 1. The van der Waals surface area contributed by atoms with Crippen LogP contribution in [-0.4, -0.2) is 23.1 Å². The van der Waals surface area contributed by atoms with Gasteiger partial charge in [-0.05, 0) is 58.7 Å². The smallest absolute Gasteiger partial charge is 0.225 e. The fourth-order valence-electron chi connectivity index (χ4n) is 3.06. The highest BCUT2D eigenvalue weighted by Crippen LogP contribution is 2.31. The van der Waals surface area contributed by atoms with Gasteiger partial charge in [-0.1, -0.05) is 31.0 Å². The molecule has 2 aromatic rings. The highest BCUT2D eigenvalue weighted by Gasteiger charge is 2.14. The predicted molar refractivity (Wildman–Crippen MR) is 104 cm³/mol. The molecule has 0 aliphatic heterocycles. The molecule has 0 aliphatic carbocycles. The summed E-state index contributed by atoms with van der Waals surface area (Å²) < 4.78 is 6.22. The minimum absolute atomic E-state index is 0.672. The second-order valence-corrected chi connectivity index (χ2v) is 6.83. The first-order chi connectivity index (χ1) is 11.9. The summed E-state index contributed by atoms with van der Waals surface area (Å²) in [6.07, 6.45) is 3.31. The maximum Gasteiger partial charge on any atom is 0.225 e. The molecule has 136 valence electrons. The lowest BCUT2D eigenvalue weighted by Crippen LogP contribution is -2.19. The number of aryl methyl sites for hydroxylation is 4. The van der Waals surface area contributed by atoms with Gasteiger partial charge in [0, 0.05) is 18.5 Å². The first-order valence-electron chi connectivity index (χ1n) is 9.23. The largest absolute Gasteiger partial charge is 0.438 e. The van der Waals surface area contributed by atoms with Gasteiger partial charge in [-0.3, -0.25) is 0 Å². The number of hydrogen-bond donors (Lipinski definition) is 1. The Labute approximate surface area is 152 Å². The molecule has 0 aliphatic rings. The number of unbranched alkanes of at least 4 members (excludes halogenated alkanes) is 1. The summed E-state index contributed by atoms with van der Waals surface area (Å²) in [5.41, 5.74) is 5.61. The zero-order valence-corrected chi connectivity index (χ0v) is 16.5. The molecule has 0 amide bonds. The molecule has 0 atom stereocenters. The Balaban J connectivity index is 2.19. The summed E-state index contributed by atoms with van der Waals surface area (Å²) in [7, 11) is 0. The molecule has 0 unspecified atom stereocenters. The molecule has 4 nitrogen and oxygen atoms in total. The number of benzene rings is 1. The van der Waals surface area contributed by atoms with Crippen LogP contribution in [0.25, 0.3) is 0 Å². The van der Waals surface area contributed by atoms with Crippen LogP contribution in [0.4, 0.5) is 0 Å². The minimum atomic E-state index is 0.672. The maximum atomic E-state index is 6.22. The summed E-state index contributed by atoms with van der Waals surface area (Å²) in [5, 5.41) is 3.47. The molecule has 0 fully saturated rings. The van der Waals surface area contributed by atoms with E-state index in [-0.39, 0.29) is 0 Å². The molecule has 1 heterocycles. The maximum absolute atomic E-state index is 6.22. The van der Waals surface area contributed by atoms with E-state index in [2.05, 4.69) is 62.0 Å². The summed E-state index contributed by atoms with van der Waals surface area (Å²) in [6.45, 7) is 14.4. The molecule has 4 heteroatoms. The van der Waals surface area contributed by atoms with Crippen molar-refractivity contribution in [1.29, 1.82) is 0 Å². The molecule has 0 spiro atoms. The van der Waals surface area contributed by atoms with Gasteiger partial charge in [-0.15, -0.1) is 0 Å². The van der Waals surface area contributed by atoms with Crippen molar-refractivity contribution in [3.63, 3.8) is 0 Å². The van der Waals surface area contributed by atoms with E-state index in [0.717, 1.165) is 53.5 Å². The predicted octanol–water partition coefficient (Wildman–Crippen LogP) is 4.74. The van der Waals surface area contributed by atoms with Crippen LogP contribution >= 0.6 is 0 Å². The van der Waals surface area contributed by atoms with Crippen LogP contribution in [0.3, 0.4) is 0 Å². The standard InChI is InChI=1S/C21H31N3O/c1-7-8-10-22-11-9-19-17(5)21(24-18(6)23-19)25-20-15(3)12-14(2)13-16(20)4/h12-13,22H,7-11H2,1-6H3. The van der Waals surface area contributed by atoms with Gasteiger partial charge in [-0.2, -0.15) is 4.98 Å². The SMILES string of the molecule is CCCCNCCc1nc(C)nc(Oc2c(C)cc(C)cc2C)c1C. The molecule has 25 heavy (non-hydrogen) atoms. The Hall–Kier alpha value is -1.94. The van der Waals surface area contributed by atoms with Gasteiger partial charge in [0.05, 0.1) is 5.69 Å². The second-order valence-electron chi connectivity index (χ2n) is 6.83. The Morgan fingerprint density at radius 2 is 1.64 bits per heavy atom. The zero-order chi connectivity index (χ0) is 18.4. The Kier molecular flexibility index (Phi) is 6.94. The van der Waals surface area contributed by atoms with Crippen molar-refractivity contribution in [1.82, 2.24) is 15.3 Å². The molecule has 1 aromatic heterocycles. The van der Waals surface area contributed by atoms with Crippen molar-refractivity contribution in [3.05, 3.63) is 45.9 Å². The molecule has 0 saturated heterocycles. The van der Waals surface area contributed by atoms with Crippen LogP contribution in [0, 0.1) is 34.6 Å². The first-order valence-corrected chi connectivity index (χ1v) is 9.23. The molecule has 0 saturated carbocycles. The van der Waals surface area contributed by atoms with Gasteiger partial charge in [-0.25, -0.2) is 4.98 Å². The van der Waals surface area contributed by atoms with Crippen molar-refractivity contribution >= 4 is 0 Å². The van der Waals surface area contributed by atoms with Crippen molar-refractivity contribution in [3.8, 4) is 11.6 Å². The fraction of sp³-hybridized carbons (Fsp3) is 0.524. The van der Waals surface area contributed by atoms with Gasteiger partial charge < -0.3 is 10.1 Å². The lowest BCUT2D eigenvalue weighted by Gasteiger charge is -2.16. The van der Waals surface area contributed by atoms with E-state index in [1.807, 2.05) is 6.92 Å². The van der Waals surface area contributed by atoms with E-state index in [4.69, 9.17) is 4.74 Å². The van der Waals surface area contributed by atoms with Crippen LogP contribution in [0.2, 0.25) is 0 Å². The van der Waals surface area contributed by atoms with Crippen molar-refractivity contribution in [2.45, 2.75) is 60.8 Å². The lowest BCUT2D eigenvalue weighted by molar-refractivity contribution is 0.446. The third-order valence-corrected chi connectivity index (χ3v) is 4.36. The molecule has 2 rings (SSSR count). The van der Waals surface area contributed by atoms with Crippen LogP contribution in [0.15, 0.2) is 12.1 Å². The van der Waals surface area contributed by atoms with Gasteiger partial charge >= 0.3 is 0 Å². The van der Waals surface area contributed by atoms with E-state index in [9.17, 15) is 0 Å². The van der Waals surface area contributed by atoms with Gasteiger partial charge in [0.15, 0.2) is 0 Å². The van der Waals surface area contributed by atoms with Crippen LogP contribution in [0.1, 0.15) is 53.5 Å². The third kappa shape index (κ3) is 5.27. The quantitative estimate of drug-likeness (QED) is 0.704. The average molecular weight is 341 g/mol. The van der Waals surface area contributed by atoms with Gasteiger partial charge in [0.1, 0.15) is 11.6 Å². The molecular formula is C21H31N3O. The van der Waals surface area contributed by atoms with Crippen LogP contribution in [0.5, 0.6) is 11.6 Å². The number of rotatable bonds is 8. The van der Waals surface area contributed by atoms with Crippen LogP contribution < -0.4 is 10.1 Å². The third-order valence-electron chi connectivity index (χ3n) is 4.36. The molecular weight excluding hydrogens is 310 g/mol. The Morgan fingerprint density at radius 3 is 2.28 bits per heavy atom. The molecule has 1 aromatic carbocycles. The molecule has 0 bridgehead atoms. The number of nitrogens with zero attached hydrogens (tertiary/aromatic N) is 2. The van der Waals surface area contributed by atoms with Gasteiger partial charge in [0.2, 0.25) is 5.88 Å². The van der Waals surface area contributed by atoms with E-state index in [0.29, 0.717) is 5.88 Å². The average Bonchev–Trinajstić information content (AvgIpc) is 2.54. The van der Waals surface area contributed by atoms with E-state index in [1.165, 1.54) is 18.4 Å². The number of aromatic nitrogens is 2. The lowest BCUT2D eigenvalue weighted by atomic mass is 10.1. The highest BCUT2D eigenvalue weighted by atomic mass is 16.5. The number of ether oxygens (including phenoxy) is 1. The normalized spacial score (nSPS) is 11.0. The Morgan fingerprint density at radius 1 is 0.960 bits per heavy atom. The Bertz CT molecular complexity index is 702. The van der Waals surface area contributed by atoms with E-state index >= 15 is 0 Å². The summed E-state index contributed by atoms with van der Waals surface area (Å²) >= 11 is 0. The second kappa shape index (κ2) is 8.95.